The molecular weight excluding hydrogens is 438 g/mol. The van der Waals surface area contributed by atoms with Crippen LogP contribution in [0.15, 0.2) is 34.3 Å². The third-order valence-electron chi connectivity index (χ3n) is 5.67. The van der Waals surface area contributed by atoms with Crippen LogP contribution in [0.25, 0.3) is 11.4 Å². The molecule has 4 rings (SSSR count). The number of thioether (sulfide) groups is 1. The van der Waals surface area contributed by atoms with Crippen LogP contribution in [0, 0.1) is 0 Å². The molecule has 9 nitrogen and oxygen atoms in total. The molecule has 1 amide bonds. The lowest BCUT2D eigenvalue weighted by atomic mass is 10.2. The van der Waals surface area contributed by atoms with E-state index < -0.39 is 10.0 Å². The minimum atomic E-state index is -3.60. The van der Waals surface area contributed by atoms with Crippen molar-refractivity contribution < 1.29 is 17.9 Å². The first-order chi connectivity index (χ1) is 15.0. The maximum Gasteiger partial charge on any atom is 0.243 e. The van der Waals surface area contributed by atoms with Crippen LogP contribution < -0.4 is 5.32 Å². The number of amides is 1. The van der Waals surface area contributed by atoms with Gasteiger partial charge < -0.3 is 10.1 Å². The van der Waals surface area contributed by atoms with Crippen molar-refractivity contribution in [2.75, 3.05) is 39.1 Å². The normalized spacial score (nSPS) is 18.4. The van der Waals surface area contributed by atoms with E-state index in [4.69, 9.17) is 4.74 Å². The Kier molecular flexibility index (Phi) is 6.95. The number of morpholine rings is 1. The minimum absolute atomic E-state index is 0.0777. The molecule has 1 aromatic heterocycles. The van der Waals surface area contributed by atoms with Gasteiger partial charge in [0.1, 0.15) is 0 Å². The second kappa shape index (κ2) is 9.68. The fraction of sp³-hybridized carbons (Fsp3) is 0.550. The minimum Gasteiger partial charge on any atom is -0.379 e. The van der Waals surface area contributed by atoms with Crippen molar-refractivity contribution in [3.8, 4) is 11.4 Å². The van der Waals surface area contributed by atoms with Gasteiger partial charge in [-0.3, -0.25) is 9.36 Å². The average molecular weight is 466 g/mol. The number of benzene rings is 1. The predicted molar refractivity (Wildman–Crippen MR) is 117 cm³/mol. The Hall–Kier alpha value is -1.95. The van der Waals surface area contributed by atoms with Crippen molar-refractivity contribution in [2.45, 2.75) is 41.8 Å². The lowest BCUT2D eigenvalue weighted by molar-refractivity contribution is -0.118. The summed E-state index contributed by atoms with van der Waals surface area (Å²) in [5.74, 6) is 0.823. The van der Waals surface area contributed by atoms with Crippen LogP contribution in [0.2, 0.25) is 0 Å². The molecule has 2 heterocycles. The van der Waals surface area contributed by atoms with Crippen LogP contribution in [-0.2, 0) is 19.6 Å². The number of aromatic nitrogens is 3. The number of hydrogen-bond donors (Lipinski definition) is 1. The van der Waals surface area contributed by atoms with E-state index in [1.807, 2.05) is 6.07 Å². The Morgan fingerprint density at radius 1 is 1.23 bits per heavy atom. The maximum absolute atomic E-state index is 13.1. The van der Waals surface area contributed by atoms with E-state index in [-0.39, 0.29) is 22.6 Å². The van der Waals surface area contributed by atoms with Crippen molar-refractivity contribution in [3.63, 3.8) is 0 Å². The first-order valence-corrected chi connectivity index (χ1v) is 12.9. The van der Waals surface area contributed by atoms with Gasteiger partial charge in [-0.25, -0.2) is 8.42 Å². The number of carbonyl (C=O) groups is 1. The third-order valence-corrected chi connectivity index (χ3v) is 8.50. The first kappa shape index (κ1) is 22.3. The monoisotopic (exact) mass is 465 g/mol. The van der Waals surface area contributed by atoms with Crippen molar-refractivity contribution in [1.82, 2.24) is 24.4 Å². The molecule has 1 aromatic carbocycles. The Labute approximate surface area is 186 Å². The summed E-state index contributed by atoms with van der Waals surface area (Å²) in [6, 6.07) is 7.14. The number of hydrogen-bond acceptors (Lipinski definition) is 7. The highest BCUT2D eigenvalue weighted by Gasteiger charge is 2.29. The summed E-state index contributed by atoms with van der Waals surface area (Å²) < 4.78 is 35.0. The van der Waals surface area contributed by atoms with Crippen molar-refractivity contribution in [3.05, 3.63) is 24.3 Å². The summed E-state index contributed by atoms with van der Waals surface area (Å²) in [5.41, 5.74) is 0.709. The van der Waals surface area contributed by atoms with Gasteiger partial charge in [0.05, 0.1) is 23.9 Å². The van der Waals surface area contributed by atoms with Crippen molar-refractivity contribution in [2.24, 2.45) is 0 Å². The van der Waals surface area contributed by atoms with E-state index in [1.165, 1.54) is 16.1 Å². The highest BCUT2D eigenvalue weighted by Crippen LogP contribution is 2.37. The molecular formula is C20H27N5O4S2. The fourth-order valence-corrected chi connectivity index (χ4v) is 6.33. The smallest absolute Gasteiger partial charge is 0.243 e. The molecule has 1 N–H and O–H groups in total. The van der Waals surface area contributed by atoms with Gasteiger partial charge in [-0.15, -0.1) is 10.2 Å². The van der Waals surface area contributed by atoms with Crippen LogP contribution in [0.1, 0.15) is 31.7 Å². The summed E-state index contributed by atoms with van der Waals surface area (Å²) in [5, 5.41) is 12.1. The molecule has 31 heavy (non-hydrogen) atoms. The summed E-state index contributed by atoms with van der Waals surface area (Å²) >= 11 is 1.35. The molecule has 1 aliphatic carbocycles. The average Bonchev–Trinajstić information content (AvgIpc) is 3.47. The zero-order valence-electron chi connectivity index (χ0n) is 17.5. The Bertz CT molecular complexity index is 1030. The number of carbonyl (C=O) groups excluding carboxylic acids is 1. The highest BCUT2D eigenvalue weighted by atomic mass is 32.2. The van der Waals surface area contributed by atoms with Gasteiger partial charge in [0.25, 0.3) is 0 Å². The number of ether oxygens (including phenoxy) is 1. The number of nitrogens with zero attached hydrogens (tertiary/aromatic N) is 4. The zero-order valence-corrected chi connectivity index (χ0v) is 19.1. The molecule has 0 atom stereocenters. The molecule has 11 heteroatoms. The Balaban J connectivity index is 1.68. The Morgan fingerprint density at radius 3 is 2.68 bits per heavy atom. The molecule has 2 aliphatic rings. The van der Waals surface area contributed by atoms with E-state index in [9.17, 15) is 13.2 Å². The molecule has 0 radical (unpaired) electrons. The van der Waals surface area contributed by atoms with Crippen molar-refractivity contribution in [1.29, 1.82) is 0 Å². The van der Waals surface area contributed by atoms with Crippen LogP contribution >= 0.6 is 11.8 Å². The van der Waals surface area contributed by atoms with E-state index in [0.717, 1.165) is 25.7 Å². The first-order valence-electron chi connectivity index (χ1n) is 10.5. The van der Waals surface area contributed by atoms with Crippen LogP contribution in [0.4, 0.5) is 0 Å². The van der Waals surface area contributed by atoms with Crippen LogP contribution in [-0.4, -0.2) is 72.5 Å². The molecule has 1 saturated carbocycles. The maximum atomic E-state index is 13.1. The SMILES string of the molecule is CNC(=O)CSc1nnc(-c2cccc(S(=O)(=O)N3CCOCC3)c2)n1C1CCCC1. The second-order valence-corrected chi connectivity index (χ2v) is 10.5. The van der Waals surface area contributed by atoms with Gasteiger partial charge in [0.15, 0.2) is 11.0 Å². The van der Waals surface area contributed by atoms with Gasteiger partial charge in [-0.2, -0.15) is 4.31 Å². The van der Waals surface area contributed by atoms with Crippen LogP contribution in [0.3, 0.4) is 0 Å². The molecule has 0 bridgehead atoms. The second-order valence-electron chi connectivity index (χ2n) is 7.62. The van der Waals surface area contributed by atoms with Gasteiger partial charge in [-0.1, -0.05) is 36.7 Å². The number of nitrogens with one attached hydrogen (secondary N) is 1. The summed E-state index contributed by atoms with van der Waals surface area (Å²) in [6.07, 6.45) is 4.30. The molecule has 0 spiro atoms. The predicted octanol–water partition coefficient (Wildman–Crippen LogP) is 1.92. The largest absolute Gasteiger partial charge is 0.379 e. The lowest BCUT2D eigenvalue weighted by Crippen LogP contribution is -2.40. The Morgan fingerprint density at radius 2 is 1.97 bits per heavy atom. The molecule has 1 saturated heterocycles. The molecule has 1 aliphatic heterocycles. The zero-order chi connectivity index (χ0) is 21.8. The number of rotatable bonds is 7. The molecule has 2 aromatic rings. The summed E-state index contributed by atoms with van der Waals surface area (Å²) in [4.78, 5) is 12.0. The molecule has 2 fully saturated rings. The quantitative estimate of drug-likeness (QED) is 0.623. The fourth-order valence-electron chi connectivity index (χ4n) is 4.00. The van der Waals surface area contributed by atoms with Gasteiger partial charge >= 0.3 is 0 Å². The van der Waals surface area contributed by atoms with Crippen molar-refractivity contribution >= 4 is 27.7 Å². The number of sulfonamides is 1. The summed E-state index contributed by atoms with van der Waals surface area (Å²) in [7, 11) is -2.00. The summed E-state index contributed by atoms with van der Waals surface area (Å²) in [6.45, 7) is 1.51. The van der Waals surface area contributed by atoms with E-state index in [2.05, 4.69) is 20.1 Å². The lowest BCUT2D eigenvalue weighted by Gasteiger charge is -2.26. The highest BCUT2D eigenvalue weighted by molar-refractivity contribution is 7.99. The molecule has 0 unspecified atom stereocenters. The standard InChI is InChI=1S/C20H27N5O4S2/c1-21-18(26)14-30-20-23-22-19(25(20)16-6-2-3-7-16)15-5-4-8-17(13-15)31(27,28)24-9-11-29-12-10-24/h4-5,8,13,16H,2-3,6-7,9-12,14H2,1H3,(H,21,26). The van der Waals surface area contributed by atoms with E-state index >= 15 is 0 Å². The van der Waals surface area contributed by atoms with Gasteiger partial charge in [-0.05, 0) is 25.0 Å². The van der Waals surface area contributed by atoms with E-state index in [0.29, 0.717) is 42.8 Å². The van der Waals surface area contributed by atoms with E-state index in [1.54, 1.807) is 25.2 Å². The van der Waals surface area contributed by atoms with Crippen LogP contribution in [0.5, 0.6) is 0 Å². The third kappa shape index (κ3) is 4.79. The van der Waals surface area contributed by atoms with Gasteiger partial charge in [0.2, 0.25) is 15.9 Å². The molecule has 168 valence electrons. The van der Waals surface area contributed by atoms with Gasteiger partial charge in [0, 0.05) is 31.7 Å². The topological polar surface area (TPSA) is 106 Å².